The number of hydrogen-bond donors (Lipinski definition) is 1. The third-order valence-electron chi connectivity index (χ3n) is 6.85. The number of ketones is 1. The van der Waals surface area contributed by atoms with E-state index in [0.29, 0.717) is 45.0 Å². The number of fused-ring (bicyclic) bond motifs is 1. The number of ether oxygens (including phenoxy) is 1. The molecule has 9 nitrogen and oxygen atoms in total. The number of carbonyl (C=O) groups is 2. The van der Waals surface area contributed by atoms with Crippen LogP contribution in [-0.2, 0) is 15.3 Å². The second-order valence-electron chi connectivity index (χ2n) is 9.69. The Morgan fingerprint density at radius 1 is 1.02 bits per heavy atom. The standard InChI is InChI=1S/C31H27N5O4S2/c1-3-17-40-22-14-12-21(13-15-22)26-24(27(37)25-19(2)32-23-11-7-8-16-35(23)25)28(38)29(39)36(26)30-33-34-31(42-30)41-18-20-9-5-4-6-10-20/h4-16,26,37H,3,17-18H2,1-2H3. The Morgan fingerprint density at radius 3 is 2.55 bits per heavy atom. The maximum absolute atomic E-state index is 13.7. The minimum atomic E-state index is -0.932. The largest absolute Gasteiger partial charge is 0.505 e. The van der Waals surface area contributed by atoms with Crippen LogP contribution in [0.25, 0.3) is 11.4 Å². The van der Waals surface area contributed by atoms with Gasteiger partial charge < -0.3 is 9.84 Å². The van der Waals surface area contributed by atoms with Crippen LogP contribution >= 0.6 is 23.1 Å². The summed E-state index contributed by atoms with van der Waals surface area (Å²) in [6.07, 6.45) is 2.62. The number of amides is 1. The molecule has 2 aromatic carbocycles. The van der Waals surface area contributed by atoms with Gasteiger partial charge in [-0.1, -0.05) is 78.6 Å². The molecule has 42 heavy (non-hydrogen) atoms. The van der Waals surface area contributed by atoms with Crippen molar-refractivity contribution in [1.29, 1.82) is 0 Å². The van der Waals surface area contributed by atoms with Gasteiger partial charge in [0.05, 0.1) is 23.9 Å². The summed E-state index contributed by atoms with van der Waals surface area (Å²) in [6.45, 7) is 4.35. The number of Topliss-reactive ketones (excluding diaryl/α,β-unsaturated/α-hetero) is 1. The van der Waals surface area contributed by atoms with Gasteiger partial charge in [-0.2, -0.15) is 0 Å². The molecular weight excluding hydrogens is 571 g/mol. The predicted octanol–water partition coefficient (Wildman–Crippen LogP) is 6.20. The third kappa shape index (κ3) is 5.17. The molecular formula is C31H27N5O4S2. The van der Waals surface area contributed by atoms with Crippen molar-refractivity contribution >= 4 is 51.3 Å². The SMILES string of the molecule is CCCOc1ccc(C2C(=C(O)c3c(C)nc4ccccn34)C(=O)C(=O)N2c2nnc(SCc3ccccc3)s2)cc1. The van der Waals surface area contributed by atoms with Crippen LogP contribution in [0.5, 0.6) is 5.75 Å². The van der Waals surface area contributed by atoms with Crippen molar-refractivity contribution in [2.24, 2.45) is 0 Å². The molecule has 212 valence electrons. The minimum Gasteiger partial charge on any atom is -0.505 e. The Labute approximate surface area is 250 Å². The third-order valence-corrected chi connectivity index (χ3v) is 8.98. The van der Waals surface area contributed by atoms with Gasteiger partial charge in [0.2, 0.25) is 5.13 Å². The Kier molecular flexibility index (Phi) is 7.77. The van der Waals surface area contributed by atoms with Gasteiger partial charge in [-0.3, -0.25) is 18.9 Å². The van der Waals surface area contributed by atoms with E-state index in [2.05, 4.69) is 15.2 Å². The number of aliphatic hydroxyl groups is 1. The van der Waals surface area contributed by atoms with Crippen LogP contribution in [0, 0.1) is 6.92 Å². The van der Waals surface area contributed by atoms with Crippen molar-refractivity contribution < 1.29 is 19.4 Å². The first kappa shape index (κ1) is 27.7. The first-order valence-electron chi connectivity index (χ1n) is 13.4. The Hall–Kier alpha value is -4.48. The molecule has 1 aliphatic rings. The molecule has 0 saturated carbocycles. The van der Waals surface area contributed by atoms with E-state index in [1.165, 1.54) is 28.0 Å². The van der Waals surface area contributed by atoms with E-state index in [-0.39, 0.29) is 16.5 Å². The van der Waals surface area contributed by atoms with E-state index < -0.39 is 17.7 Å². The number of thioether (sulfide) groups is 1. The quantitative estimate of drug-likeness (QED) is 0.0703. The number of imidazole rings is 1. The summed E-state index contributed by atoms with van der Waals surface area (Å²) >= 11 is 2.73. The molecule has 0 spiro atoms. The molecule has 0 aliphatic carbocycles. The number of aromatic nitrogens is 4. The van der Waals surface area contributed by atoms with Crippen molar-refractivity contribution in [2.75, 3.05) is 11.5 Å². The van der Waals surface area contributed by atoms with Crippen LogP contribution in [0.4, 0.5) is 5.13 Å². The summed E-state index contributed by atoms with van der Waals surface area (Å²) in [5.41, 5.74) is 3.22. The second kappa shape index (κ2) is 11.8. The summed E-state index contributed by atoms with van der Waals surface area (Å²) in [7, 11) is 0. The zero-order chi connectivity index (χ0) is 29.2. The van der Waals surface area contributed by atoms with E-state index in [1.54, 1.807) is 41.8 Å². The molecule has 1 amide bonds. The number of rotatable bonds is 9. The van der Waals surface area contributed by atoms with Gasteiger partial charge in [-0.15, -0.1) is 10.2 Å². The normalized spacial score (nSPS) is 16.4. The highest BCUT2D eigenvalue weighted by Crippen LogP contribution is 2.44. The lowest BCUT2D eigenvalue weighted by Crippen LogP contribution is -2.29. The predicted molar refractivity (Wildman–Crippen MR) is 163 cm³/mol. The molecule has 0 radical (unpaired) electrons. The Bertz CT molecular complexity index is 1800. The summed E-state index contributed by atoms with van der Waals surface area (Å²) in [4.78, 5) is 33.2. The monoisotopic (exact) mass is 597 g/mol. The molecule has 1 saturated heterocycles. The molecule has 4 heterocycles. The zero-order valence-electron chi connectivity index (χ0n) is 22.9. The number of hydrogen-bond acceptors (Lipinski definition) is 9. The van der Waals surface area contributed by atoms with E-state index in [0.717, 1.165) is 12.0 Å². The summed E-state index contributed by atoms with van der Waals surface area (Å²) in [5.74, 6) is -0.528. The summed E-state index contributed by atoms with van der Waals surface area (Å²) < 4.78 is 8.12. The summed E-state index contributed by atoms with van der Waals surface area (Å²) in [5, 5.41) is 20.6. The molecule has 6 rings (SSSR count). The van der Waals surface area contributed by atoms with Crippen LogP contribution in [0.3, 0.4) is 0 Å². The Balaban J connectivity index is 1.43. The average molecular weight is 598 g/mol. The second-order valence-corrected chi connectivity index (χ2v) is 11.9. The van der Waals surface area contributed by atoms with Gasteiger partial charge in [-0.25, -0.2) is 4.98 Å². The average Bonchev–Trinajstić information content (AvgIpc) is 3.69. The van der Waals surface area contributed by atoms with Gasteiger partial charge in [0.15, 0.2) is 10.1 Å². The van der Waals surface area contributed by atoms with Gasteiger partial charge in [0.1, 0.15) is 17.1 Å². The molecule has 1 aliphatic heterocycles. The van der Waals surface area contributed by atoms with Crippen molar-refractivity contribution in [1.82, 2.24) is 19.6 Å². The highest BCUT2D eigenvalue weighted by molar-refractivity contribution is 8.00. The number of aryl methyl sites for hydroxylation is 1. The topological polar surface area (TPSA) is 110 Å². The maximum atomic E-state index is 13.7. The number of aliphatic hydroxyl groups excluding tert-OH is 1. The van der Waals surface area contributed by atoms with Gasteiger partial charge in [0, 0.05) is 11.9 Å². The van der Waals surface area contributed by atoms with E-state index in [1.807, 2.05) is 55.5 Å². The van der Waals surface area contributed by atoms with Crippen molar-refractivity contribution in [3.63, 3.8) is 0 Å². The van der Waals surface area contributed by atoms with Gasteiger partial charge >= 0.3 is 5.91 Å². The number of anilines is 1. The molecule has 3 aromatic heterocycles. The lowest BCUT2D eigenvalue weighted by Gasteiger charge is -2.22. The minimum absolute atomic E-state index is 0.0373. The number of benzene rings is 2. The smallest absolute Gasteiger partial charge is 0.301 e. The molecule has 1 fully saturated rings. The van der Waals surface area contributed by atoms with E-state index in [4.69, 9.17) is 4.74 Å². The molecule has 5 aromatic rings. The molecule has 1 atom stereocenters. The number of nitrogens with zero attached hydrogens (tertiary/aromatic N) is 5. The fraction of sp³-hybridized carbons (Fsp3) is 0.194. The van der Waals surface area contributed by atoms with Crippen molar-refractivity contribution in [3.8, 4) is 5.75 Å². The highest BCUT2D eigenvalue weighted by atomic mass is 32.2. The Morgan fingerprint density at radius 2 is 1.79 bits per heavy atom. The highest BCUT2D eigenvalue weighted by Gasteiger charge is 2.49. The van der Waals surface area contributed by atoms with E-state index >= 15 is 0 Å². The molecule has 1 N–H and O–H groups in total. The van der Waals surface area contributed by atoms with Gasteiger partial charge in [0.25, 0.3) is 5.78 Å². The van der Waals surface area contributed by atoms with Crippen LogP contribution in [0.15, 0.2) is 88.9 Å². The van der Waals surface area contributed by atoms with E-state index in [9.17, 15) is 14.7 Å². The fourth-order valence-corrected chi connectivity index (χ4v) is 6.74. The van der Waals surface area contributed by atoms with Crippen LogP contribution in [-0.4, -0.2) is 43.0 Å². The first-order valence-corrected chi connectivity index (χ1v) is 15.2. The lowest BCUT2D eigenvalue weighted by molar-refractivity contribution is -0.132. The van der Waals surface area contributed by atoms with Gasteiger partial charge in [-0.05, 0) is 48.7 Å². The molecule has 0 bridgehead atoms. The van der Waals surface area contributed by atoms with Crippen molar-refractivity contribution in [3.05, 3.63) is 107 Å². The van der Waals surface area contributed by atoms with Crippen LogP contribution < -0.4 is 9.64 Å². The van der Waals surface area contributed by atoms with Crippen molar-refractivity contribution in [2.45, 2.75) is 36.4 Å². The fourth-order valence-electron chi connectivity index (χ4n) is 4.92. The summed E-state index contributed by atoms with van der Waals surface area (Å²) in [6, 6.07) is 21.7. The molecule has 11 heteroatoms. The van der Waals surface area contributed by atoms with Crippen LogP contribution in [0.1, 0.15) is 41.9 Å². The lowest BCUT2D eigenvalue weighted by atomic mass is 9.96. The zero-order valence-corrected chi connectivity index (χ0v) is 24.6. The maximum Gasteiger partial charge on any atom is 0.301 e. The first-order chi connectivity index (χ1) is 20.5. The van der Waals surface area contributed by atoms with Crippen LogP contribution in [0.2, 0.25) is 0 Å². The number of carbonyl (C=O) groups excluding carboxylic acids is 2. The molecule has 1 unspecified atom stereocenters. The number of pyridine rings is 1.